The van der Waals surface area contributed by atoms with Crippen LogP contribution in [0.25, 0.3) is 0 Å². The van der Waals surface area contributed by atoms with E-state index in [0.717, 1.165) is 10.0 Å². The first-order valence-electron chi connectivity index (χ1n) is 4.19. The summed E-state index contributed by atoms with van der Waals surface area (Å²) in [6.45, 7) is 0.600. The van der Waals surface area contributed by atoms with Gasteiger partial charge in [-0.25, -0.2) is 4.39 Å². The van der Waals surface area contributed by atoms with Crippen LogP contribution in [0.3, 0.4) is 0 Å². The van der Waals surface area contributed by atoms with Crippen LogP contribution in [0.2, 0.25) is 0 Å². The van der Waals surface area contributed by atoms with E-state index in [4.69, 9.17) is 4.74 Å². The standard InChI is InChI=1S/C10H9Br2FO2/c1-6(14)10(12)8-4-7(15-5-13)2-3-9(8)11/h2-4,10H,5H2,1H3. The number of alkyl halides is 2. The van der Waals surface area contributed by atoms with Crippen molar-refractivity contribution in [2.75, 3.05) is 6.86 Å². The zero-order valence-corrected chi connectivity index (χ0v) is 11.1. The molecule has 1 rings (SSSR count). The average molecular weight is 340 g/mol. The smallest absolute Gasteiger partial charge is 0.228 e. The highest BCUT2D eigenvalue weighted by molar-refractivity contribution is 9.11. The van der Waals surface area contributed by atoms with Crippen LogP contribution in [-0.2, 0) is 4.79 Å². The van der Waals surface area contributed by atoms with Gasteiger partial charge in [0, 0.05) is 4.47 Å². The highest BCUT2D eigenvalue weighted by atomic mass is 79.9. The summed E-state index contributed by atoms with van der Waals surface area (Å²) in [5.41, 5.74) is 0.730. The number of hydrogen-bond acceptors (Lipinski definition) is 2. The summed E-state index contributed by atoms with van der Waals surface area (Å²) < 4.78 is 17.5. The fourth-order valence-electron chi connectivity index (χ4n) is 1.09. The molecule has 0 amide bonds. The number of carbonyl (C=O) groups excluding carboxylic acids is 1. The van der Waals surface area contributed by atoms with Crippen molar-refractivity contribution < 1.29 is 13.9 Å². The molecule has 0 aromatic heterocycles. The lowest BCUT2D eigenvalue weighted by molar-refractivity contribution is -0.116. The molecule has 0 aliphatic heterocycles. The number of ether oxygens (including phenoxy) is 1. The van der Waals surface area contributed by atoms with Gasteiger partial charge in [0.05, 0.1) is 4.83 Å². The number of hydrogen-bond donors (Lipinski definition) is 0. The van der Waals surface area contributed by atoms with Crippen molar-refractivity contribution in [3.05, 3.63) is 28.2 Å². The van der Waals surface area contributed by atoms with E-state index in [2.05, 4.69) is 31.9 Å². The highest BCUT2D eigenvalue weighted by Gasteiger charge is 2.16. The Hall–Kier alpha value is -0.420. The van der Waals surface area contributed by atoms with Crippen molar-refractivity contribution >= 4 is 37.6 Å². The van der Waals surface area contributed by atoms with Gasteiger partial charge in [0.15, 0.2) is 0 Å². The third-order valence-corrected chi connectivity index (χ3v) is 3.68. The number of carbonyl (C=O) groups is 1. The molecule has 0 saturated carbocycles. The van der Waals surface area contributed by atoms with Gasteiger partial charge in [0.25, 0.3) is 0 Å². The first-order chi connectivity index (χ1) is 7.06. The summed E-state index contributed by atoms with van der Waals surface area (Å²) >= 11 is 6.58. The van der Waals surface area contributed by atoms with Crippen LogP contribution in [0, 0.1) is 0 Å². The maximum Gasteiger partial charge on any atom is 0.228 e. The fourth-order valence-corrected chi connectivity index (χ4v) is 2.25. The lowest BCUT2D eigenvalue weighted by Crippen LogP contribution is -2.02. The molecule has 1 atom stereocenters. The molecule has 5 heteroatoms. The molecule has 1 aromatic rings. The van der Waals surface area contributed by atoms with Gasteiger partial charge in [0.1, 0.15) is 11.5 Å². The fraction of sp³-hybridized carbons (Fsp3) is 0.300. The molecule has 0 fully saturated rings. The summed E-state index contributed by atoms with van der Waals surface area (Å²) in [5, 5.41) is 0. The van der Waals surface area contributed by atoms with E-state index in [1.54, 1.807) is 18.2 Å². The zero-order valence-electron chi connectivity index (χ0n) is 7.97. The minimum Gasteiger partial charge on any atom is -0.463 e. The number of halogens is 3. The van der Waals surface area contributed by atoms with Gasteiger partial charge < -0.3 is 4.74 Å². The molecule has 0 spiro atoms. The third kappa shape index (κ3) is 3.28. The van der Waals surface area contributed by atoms with Crippen LogP contribution < -0.4 is 4.74 Å². The molecular formula is C10H9Br2FO2. The van der Waals surface area contributed by atoms with Crippen LogP contribution in [0.4, 0.5) is 4.39 Å². The maximum atomic E-state index is 12.0. The van der Waals surface area contributed by atoms with Crippen molar-refractivity contribution in [1.29, 1.82) is 0 Å². The molecule has 0 radical (unpaired) electrons. The average Bonchev–Trinajstić information content (AvgIpc) is 2.20. The highest BCUT2D eigenvalue weighted by Crippen LogP contribution is 2.33. The van der Waals surface area contributed by atoms with Gasteiger partial charge >= 0.3 is 0 Å². The summed E-state index contributed by atoms with van der Waals surface area (Å²) in [6, 6.07) is 4.98. The van der Waals surface area contributed by atoms with E-state index in [1.807, 2.05) is 0 Å². The van der Waals surface area contributed by atoms with E-state index in [-0.39, 0.29) is 5.78 Å². The topological polar surface area (TPSA) is 26.3 Å². The van der Waals surface area contributed by atoms with E-state index in [1.165, 1.54) is 6.92 Å². The molecule has 0 N–H and O–H groups in total. The Morgan fingerprint density at radius 2 is 2.27 bits per heavy atom. The predicted molar refractivity (Wildman–Crippen MR) is 63.1 cm³/mol. The molecule has 0 heterocycles. The van der Waals surface area contributed by atoms with Gasteiger partial charge in [-0.2, -0.15) is 0 Å². The van der Waals surface area contributed by atoms with E-state index >= 15 is 0 Å². The van der Waals surface area contributed by atoms with Crippen molar-refractivity contribution in [2.24, 2.45) is 0 Å². The lowest BCUT2D eigenvalue weighted by Gasteiger charge is -2.10. The van der Waals surface area contributed by atoms with Gasteiger partial charge in [0.2, 0.25) is 6.86 Å². The first-order valence-corrected chi connectivity index (χ1v) is 5.90. The number of Topliss-reactive ketones (excluding diaryl/α,β-unsaturated/α-hetero) is 1. The number of ketones is 1. The Balaban J connectivity index is 3.04. The Labute approximate surface area is 104 Å². The second kappa shape index (κ2) is 5.61. The summed E-state index contributed by atoms with van der Waals surface area (Å²) in [7, 11) is 0. The maximum absolute atomic E-state index is 12.0. The summed E-state index contributed by atoms with van der Waals surface area (Å²) in [4.78, 5) is 10.8. The van der Waals surface area contributed by atoms with Crippen molar-refractivity contribution in [3.63, 3.8) is 0 Å². The van der Waals surface area contributed by atoms with Crippen molar-refractivity contribution in [1.82, 2.24) is 0 Å². The van der Waals surface area contributed by atoms with Crippen molar-refractivity contribution in [2.45, 2.75) is 11.8 Å². The lowest BCUT2D eigenvalue weighted by atomic mass is 10.1. The van der Waals surface area contributed by atoms with Crippen LogP contribution in [0.15, 0.2) is 22.7 Å². The van der Waals surface area contributed by atoms with Gasteiger partial charge in [-0.1, -0.05) is 31.9 Å². The van der Waals surface area contributed by atoms with E-state index in [0.29, 0.717) is 5.75 Å². The monoisotopic (exact) mass is 338 g/mol. The Kier molecular flexibility index (Phi) is 4.73. The van der Waals surface area contributed by atoms with Crippen LogP contribution in [0.1, 0.15) is 17.3 Å². The molecule has 15 heavy (non-hydrogen) atoms. The van der Waals surface area contributed by atoms with Crippen LogP contribution in [-0.4, -0.2) is 12.6 Å². The minimum absolute atomic E-state index is 0.0203. The molecule has 0 saturated heterocycles. The molecule has 0 bridgehead atoms. The third-order valence-electron chi connectivity index (χ3n) is 1.82. The van der Waals surface area contributed by atoms with Gasteiger partial charge in [-0.15, -0.1) is 0 Å². The second-order valence-electron chi connectivity index (χ2n) is 2.91. The van der Waals surface area contributed by atoms with Gasteiger partial charge in [-0.05, 0) is 30.7 Å². The number of benzene rings is 1. The van der Waals surface area contributed by atoms with E-state index in [9.17, 15) is 9.18 Å². The molecule has 82 valence electrons. The molecule has 1 unspecified atom stereocenters. The summed E-state index contributed by atoms with van der Waals surface area (Å²) in [6.07, 6.45) is 0. The van der Waals surface area contributed by atoms with Crippen LogP contribution in [0.5, 0.6) is 5.75 Å². The zero-order chi connectivity index (χ0) is 11.4. The normalized spacial score (nSPS) is 12.3. The molecule has 0 aliphatic rings. The Morgan fingerprint density at radius 3 is 2.80 bits per heavy atom. The van der Waals surface area contributed by atoms with Crippen LogP contribution >= 0.6 is 31.9 Å². The quantitative estimate of drug-likeness (QED) is 0.780. The van der Waals surface area contributed by atoms with Gasteiger partial charge in [-0.3, -0.25) is 4.79 Å². The molecular weight excluding hydrogens is 331 g/mol. The predicted octanol–water partition coefficient (Wildman–Crippen LogP) is 3.78. The number of rotatable bonds is 4. The minimum atomic E-state index is -0.881. The summed E-state index contributed by atoms with van der Waals surface area (Å²) in [5.74, 6) is 0.384. The SMILES string of the molecule is CC(=O)C(Br)c1cc(OCF)ccc1Br. The Morgan fingerprint density at radius 1 is 1.60 bits per heavy atom. The second-order valence-corrected chi connectivity index (χ2v) is 4.68. The first kappa shape index (κ1) is 12.6. The molecule has 2 nitrogen and oxygen atoms in total. The molecule has 1 aromatic carbocycles. The largest absolute Gasteiger partial charge is 0.463 e. The molecule has 0 aliphatic carbocycles. The van der Waals surface area contributed by atoms with E-state index < -0.39 is 11.7 Å². The Bertz CT molecular complexity index is 368. The van der Waals surface area contributed by atoms with Crippen molar-refractivity contribution in [3.8, 4) is 5.75 Å².